The smallest absolute Gasteiger partial charge is 0.309 e. The molecule has 30 heavy (non-hydrogen) atoms. The van der Waals surface area contributed by atoms with E-state index in [2.05, 4.69) is 10.6 Å². The summed E-state index contributed by atoms with van der Waals surface area (Å²) >= 11 is 0. The van der Waals surface area contributed by atoms with Crippen molar-refractivity contribution in [2.24, 2.45) is 0 Å². The number of rotatable bonds is 7. The quantitative estimate of drug-likeness (QED) is 0.565. The summed E-state index contributed by atoms with van der Waals surface area (Å²) in [4.78, 5) is 24.4. The van der Waals surface area contributed by atoms with Gasteiger partial charge < -0.3 is 15.1 Å². The van der Waals surface area contributed by atoms with E-state index in [4.69, 9.17) is 4.42 Å². The van der Waals surface area contributed by atoms with Crippen LogP contribution < -0.4 is 10.6 Å². The van der Waals surface area contributed by atoms with Gasteiger partial charge in [-0.3, -0.25) is 9.59 Å². The van der Waals surface area contributed by atoms with Crippen LogP contribution in [-0.4, -0.2) is 26.8 Å². The SMILES string of the molecule is Cc1ccc(CNC(=O)C(=O)NC[C@H](c2ccco2)S(=O)(=O)c2ccccc2)cc1. The molecule has 7 nitrogen and oxygen atoms in total. The minimum absolute atomic E-state index is 0.101. The van der Waals surface area contributed by atoms with Crippen molar-refractivity contribution >= 4 is 21.7 Å². The molecule has 2 amide bonds. The van der Waals surface area contributed by atoms with Gasteiger partial charge in [0.15, 0.2) is 9.84 Å². The lowest BCUT2D eigenvalue weighted by Gasteiger charge is -2.16. The van der Waals surface area contributed by atoms with Gasteiger partial charge in [-0.25, -0.2) is 8.42 Å². The predicted octanol–water partition coefficient (Wildman–Crippen LogP) is 2.54. The van der Waals surface area contributed by atoms with Gasteiger partial charge in [0, 0.05) is 13.1 Å². The van der Waals surface area contributed by atoms with Crippen molar-refractivity contribution in [2.75, 3.05) is 6.54 Å². The third-order valence-electron chi connectivity index (χ3n) is 4.53. The molecule has 0 bridgehead atoms. The summed E-state index contributed by atoms with van der Waals surface area (Å²) in [6.45, 7) is 1.84. The molecule has 0 fully saturated rings. The van der Waals surface area contributed by atoms with Gasteiger partial charge in [-0.1, -0.05) is 48.0 Å². The van der Waals surface area contributed by atoms with Crippen LogP contribution in [0.4, 0.5) is 0 Å². The van der Waals surface area contributed by atoms with Crippen LogP contribution in [0, 0.1) is 6.92 Å². The van der Waals surface area contributed by atoms with Gasteiger partial charge in [0.2, 0.25) is 0 Å². The van der Waals surface area contributed by atoms with Crippen molar-refractivity contribution in [3.05, 3.63) is 89.9 Å². The number of nitrogens with one attached hydrogen (secondary N) is 2. The monoisotopic (exact) mass is 426 g/mol. The Hall–Kier alpha value is -3.39. The zero-order chi connectivity index (χ0) is 21.6. The Labute approximate surface area is 175 Å². The fourth-order valence-corrected chi connectivity index (χ4v) is 4.45. The van der Waals surface area contributed by atoms with E-state index in [1.165, 1.54) is 24.5 Å². The first-order chi connectivity index (χ1) is 14.4. The van der Waals surface area contributed by atoms with Crippen LogP contribution in [0.5, 0.6) is 0 Å². The van der Waals surface area contributed by atoms with Crippen molar-refractivity contribution in [1.29, 1.82) is 0 Å². The maximum atomic E-state index is 13.0. The van der Waals surface area contributed by atoms with E-state index in [9.17, 15) is 18.0 Å². The molecule has 1 aromatic heterocycles. The van der Waals surface area contributed by atoms with Gasteiger partial charge in [-0.2, -0.15) is 0 Å². The van der Waals surface area contributed by atoms with Crippen LogP contribution in [0.2, 0.25) is 0 Å². The standard InChI is InChI=1S/C22H22N2O5S/c1-16-9-11-17(12-10-16)14-23-21(25)22(26)24-15-20(19-8-5-13-29-19)30(27,28)18-6-3-2-4-7-18/h2-13,20H,14-15H2,1H3,(H,23,25)(H,24,26)/t20-/m1/s1. The summed E-state index contributed by atoms with van der Waals surface area (Å²) in [5.41, 5.74) is 1.94. The summed E-state index contributed by atoms with van der Waals surface area (Å²) in [6.07, 6.45) is 1.36. The summed E-state index contributed by atoms with van der Waals surface area (Å²) < 4.78 is 31.4. The molecule has 0 saturated heterocycles. The van der Waals surface area contributed by atoms with Crippen molar-refractivity contribution in [1.82, 2.24) is 10.6 Å². The van der Waals surface area contributed by atoms with E-state index < -0.39 is 26.9 Å². The molecule has 0 saturated carbocycles. The Morgan fingerprint density at radius 3 is 2.20 bits per heavy atom. The highest BCUT2D eigenvalue weighted by Crippen LogP contribution is 2.28. The maximum absolute atomic E-state index is 13.0. The minimum atomic E-state index is -3.84. The topological polar surface area (TPSA) is 105 Å². The van der Waals surface area contributed by atoms with Gasteiger partial charge >= 0.3 is 11.8 Å². The second-order valence-electron chi connectivity index (χ2n) is 6.74. The Bertz CT molecular complexity index is 1090. The third kappa shape index (κ3) is 5.15. The van der Waals surface area contributed by atoms with Crippen LogP contribution >= 0.6 is 0 Å². The molecule has 8 heteroatoms. The number of carbonyl (C=O) groups excluding carboxylic acids is 2. The summed E-state index contributed by atoms with van der Waals surface area (Å²) in [5, 5.41) is 3.76. The lowest BCUT2D eigenvalue weighted by atomic mass is 10.1. The number of hydrogen-bond acceptors (Lipinski definition) is 5. The van der Waals surface area contributed by atoms with E-state index in [-0.39, 0.29) is 23.7 Å². The highest BCUT2D eigenvalue weighted by Gasteiger charge is 2.32. The second kappa shape index (κ2) is 9.41. The lowest BCUT2D eigenvalue weighted by molar-refractivity contribution is -0.139. The minimum Gasteiger partial charge on any atom is -0.468 e. The van der Waals surface area contributed by atoms with E-state index >= 15 is 0 Å². The highest BCUT2D eigenvalue weighted by molar-refractivity contribution is 7.91. The Morgan fingerprint density at radius 1 is 0.900 bits per heavy atom. The Balaban J connectivity index is 1.66. The summed E-state index contributed by atoms with van der Waals surface area (Å²) in [7, 11) is -3.84. The van der Waals surface area contributed by atoms with Gasteiger partial charge in [-0.15, -0.1) is 0 Å². The first-order valence-corrected chi connectivity index (χ1v) is 10.9. The molecule has 0 unspecified atom stereocenters. The normalized spacial score (nSPS) is 12.2. The van der Waals surface area contributed by atoms with Crippen LogP contribution in [0.15, 0.2) is 82.3 Å². The maximum Gasteiger partial charge on any atom is 0.309 e. The average Bonchev–Trinajstić information content (AvgIpc) is 3.28. The molecule has 0 aliphatic heterocycles. The van der Waals surface area contributed by atoms with Crippen LogP contribution in [0.3, 0.4) is 0 Å². The van der Waals surface area contributed by atoms with E-state index in [0.29, 0.717) is 0 Å². The molecule has 1 atom stereocenters. The molecular weight excluding hydrogens is 404 g/mol. The van der Waals surface area contributed by atoms with Gasteiger partial charge in [0.25, 0.3) is 0 Å². The van der Waals surface area contributed by atoms with E-state index in [1.807, 2.05) is 31.2 Å². The fourth-order valence-electron chi connectivity index (χ4n) is 2.85. The summed E-state index contributed by atoms with van der Waals surface area (Å²) in [6, 6.07) is 18.5. The summed E-state index contributed by atoms with van der Waals surface area (Å²) in [5.74, 6) is -1.58. The number of aryl methyl sites for hydroxylation is 1. The average molecular weight is 426 g/mol. The van der Waals surface area contributed by atoms with Gasteiger partial charge in [0.05, 0.1) is 11.2 Å². The van der Waals surface area contributed by atoms with E-state index in [0.717, 1.165) is 11.1 Å². The van der Waals surface area contributed by atoms with Crippen molar-refractivity contribution in [3.63, 3.8) is 0 Å². The number of amides is 2. The molecule has 3 aromatic rings. The van der Waals surface area contributed by atoms with Gasteiger partial charge in [0.1, 0.15) is 11.0 Å². The van der Waals surface area contributed by atoms with E-state index in [1.54, 1.807) is 24.3 Å². The molecule has 1 heterocycles. The zero-order valence-corrected chi connectivity index (χ0v) is 17.2. The number of carbonyl (C=O) groups is 2. The van der Waals surface area contributed by atoms with Crippen molar-refractivity contribution in [3.8, 4) is 0 Å². The lowest BCUT2D eigenvalue weighted by Crippen LogP contribution is -2.42. The molecule has 0 radical (unpaired) electrons. The number of furan rings is 1. The first-order valence-electron chi connectivity index (χ1n) is 9.32. The Kier molecular flexibility index (Phi) is 6.68. The van der Waals surface area contributed by atoms with Gasteiger partial charge in [-0.05, 0) is 36.8 Å². The van der Waals surface area contributed by atoms with Crippen LogP contribution in [0.1, 0.15) is 22.1 Å². The molecule has 2 N–H and O–H groups in total. The largest absolute Gasteiger partial charge is 0.468 e. The van der Waals surface area contributed by atoms with Crippen molar-refractivity contribution < 1.29 is 22.4 Å². The molecular formula is C22H22N2O5S. The molecule has 0 spiro atoms. The number of hydrogen-bond donors (Lipinski definition) is 2. The predicted molar refractivity (Wildman–Crippen MR) is 111 cm³/mol. The molecule has 0 aliphatic carbocycles. The molecule has 156 valence electrons. The highest BCUT2D eigenvalue weighted by atomic mass is 32.2. The first kappa shape index (κ1) is 21.3. The third-order valence-corrected chi connectivity index (χ3v) is 6.61. The number of sulfone groups is 1. The number of benzene rings is 2. The molecule has 0 aliphatic rings. The Morgan fingerprint density at radius 2 is 1.57 bits per heavy atom. The molecule has 2 aromatic carbocycles. The fraction of sp³-hybridized carbons (Fsp3) is 0.182. The molecule has 3 rings (SSSR count). The van der Waals surface area contributed by atoms with Crippen LogP contribution in [-0.2, 0) is 26.0 Å². The second-order valence-corrected chi connectivity index (χ2v) is 8.87. The zero-order valence-electron chi connectivity index (χ0n) is 16.4. The van der Waals surface area contributed by atoms with Crippen molar-refractivity contribution in [2.45, 2.75) is 23.6 Å². The van der Waals surface area contributed by atoms with Crippen LogP contribution in [0.25, 0.3) is 0 Å².